The predicted molar refractivity (Wildman–Crippen MR) is 86.3 cm³/mol. The van der Waals surface area contributed by atoms with Gasteiger partial charge >= 0.3 is 6.18 Å². The first-order valence-electron chi connectivity index (χ1n) is 7.63. The lowest BCUT2D eigenvalue weighted by atomic mass is 9.80. The van der Waals surface area contributed by atoms with E-state index in [9.17, 15) is 27.1 Å². The van der Waals surface area contributed by atoms with E-state index < -0.39 is 29.0 Å². The van der Waals surface area contributed by atoms with Gasteiger partial charge in [-0.2, -0.15) is 13.2 Å². The maximum atomic E-state index is 13.3. The highest BCUT2D eigenvalue weighted by Crippen LogP contribution is 2.39. The highest BCUT2D eigenvalue weighted by Gasteiger charge is 2.37. The van der Waals surface area contributed by atoms with Crippen LogP contribution in [0.25, 0.3) is 0 Å². The summed E-state index contributed by atoms with van der Waals surface area (Å²) in [6.45, 7) is 0. The summed E-state index contributed by atoms with van der Waals surface area (Å²) in [5.41, 5.74) is -2.69. The van der Waals surface area contributed by atoms with Crippen molar-refractivity contribution in [1.82, 2.24) is 0 Å². The van der Waals surface area contributed by atoms with Crippen LogP contribution in [0.5, 0.6) is 0 Å². The molecule has 134 valence electrons. The van der Waals surface area contributed by atoms with Crippen molar-refractivity contribution in [1.29, 1.82) is 0 Å². The molecule has 0 heterocycles. The molecule has 1 N–H and O–H groups in total. The highest BCUT2D eigenvalue weighted by molar-refractivity contribution is 5.48. The first-order valence-corrected chi connectivity index (χ1v) is 7.63. The Bertz CT molecular complexity index is 853. The number of benzene rings is 3. The van der Waals surface area contributed by atoms with Crippen LogP contribution in [0, 0.1) is 11.6 Å². The lowest BCUT2D eigenvalue weighted by Crippen LogP contribution is -2.29. The number of hydrogen-bond acceptors (Lipinski definition) is 1. The molecule has 0 aliphatic rings. The molecule has 0 fully saturated rings. The molecule has 0 atom stereocenters. The zero-order chi connectivity index (χ0) is 18.9. The Kier molecular flexibility index (Phi) is 4.54. The summed E-state index contributed by atoms with van der Waals surface area (Å²) in [4.78, 5) is 0. The summed E-state index contributed by atoms with van der Waals surface area (Å²) in [5, 5.41) is 11.4. The third-order valence-electron chi connectivity index (χ3n) is 4.13. The molecule has 3 rings (SSSR count). The van der Waals surface area contributed by atoms with Crippen LogP contribution in [0.1, 0.15) is 22.3 Å². The Balaban J connectivity index is 2.24. The van der Waals surface area contributed by atoms with Gasteiger partial charge in [0.2, 0.25) is 0 Å². The highest BCUT2D eigenvalue weighted by atomic mass is 19.4. The Hall–Kier alpha value is -2.73. The normalized spacial score (nSPS) is 12.2. The van der Waals surface area contributed by atoms with Gasteiger partial charge in [0.25, 0.3) is 0 Å². The van der Waals surface area contributed by atoms with Crippen molar-refractivity contribution >= 4 is 0 Å². The minimum atomic E-state index is -4.59. The SMILES string of the molecule is OC(c1ccc(F)cc1)(c1ccc(F)cc1)c1cccc(C(F)(F)F)c1. The van der Waals surface area contributed by atoms with E-state index in [0.717, 1.165) is 36.4 Å². The average molecular weight is 364 g/mol. The van der Waals surface area contributed by atoms with Crippen LogP contribution in [-0.4, -0.2) is 5.11 Å². The second kappa shape index (κ2) is 6.53. The van der Waals surface area contributed by atoms with Crippen LogP contribution < -0.4 is 0 Å². The third-order valence-corrected chi connectivity index (χ3v) is 4.13. The largest absolute Gasteiger partial charge is 0.416 e. The van der Waals surface area contributed by atoms with Gasteiger partial charge < -0.3 is 5.11 Å². The average Bonchev–Trinajstić information content (AvgIpc) is 2.62. The van der Waals surface area contributed by atoms with Crippen LogP contribution in [0.15, 0.2) is 72.8 Å². The van der Waals surface area contributed by atoms with Crippen molar-refractivity contribution in [2.45, 2.75) is 11.8 Å². The Morgan fingerprint density at radius 2 is 1.00 bits per heavy atom. The fourth-order valence-electron chi connectivity index (χ4n) is 2.80. The Morgan fingerprint density at radius 3 is 1.42 bits per heavy atom. The van der Waals surface area contributed by atoms with E-state index >= 15 is 0 Å². The molecule has 0 radical (unpaired) electrons. The molecular weight excluding hydrogens is 351 g/mol. The lowest BCUT2D eigenvalue weighted by Gasteiger charge is -2.30. The molecule has 0 aromatic heterocycles. The number of alkyl halides is 3. The van der Waals surface area contributed by atoms with Crippen LogP contribution in [0.3, 0.4) is 0 Å². The van der Waals surface area contributed by atoms with Gasteiger partial charge in [0.1, 0.15) is 17.2 Å². The van der Waals surface area contributed by atoms with E-state index in [-0.39, 0.29) is 16.7 Å². The Labute approximate surface area is 146 Å². The second-order valence-corrected chi connectivity index (χ2v) is 5.80. The van der Waals surface area contributed by atoms with E-state index in [1.807, 2.05) is 0 Å². The zero-order valence-corrected chi connectivity index (χ0v) is 13.3. The van der Waals surface area contributed by atoms with Crippen LogP contribution in [-0.2, 0) is 11.8 Å². The van der Waals surface area contributed by atoms with E-state index in [4.69, 9.17) is 0 Å². The molecular formula is C20H13F5O. The maximum Gasteiger partial charge on any atom is 0.416 e. The number of halogens is 5. The van der Waals surface area contributed by atoms with Gasteiger partial charge in [0.15, 0.2) is 0 Å². The fourth-order valence-corrected chi connectivity index (χ4v) is 2.80. The van der Waals surface area contributed by atoms with E-state index in [2.05, 4.69) is 0 Å². The quantitative estimate of drug-likeness (QED) is 0.496. The molecule has 3 aromatic rings. The summed E-state index contributed by atoms with van der Waals surface area (Å²) < 4.78 is 65.8. The third kappa shape index (κ3) is 3.32. The van der Waals surface area contributed by atoms with Gasteiger partial charge in [-0.3, -0.25) is 0 Å². The maximum absolute atomic E-state index is 13.3. The molecule has 6 heteroatoms. The van der Waals surface area contributed by atoms with Crippen molar-refractivity contribution in [2.75, 3.05) is 0 Å². The van der Waals surface area contributed by atoms with Crippen LogP contribution in [0.2, 0.25) is 0 Å². The van der Waals surface area contributed by atoms with Crippen molar-refractivity contribution in [2.24, 2.45) is 0 Å². The molecule has 26 heavy (non-hydrogen) atoms. The molecule has 0 aliphatic carbocycles. The fraction of sp³-hybridized carbons (Fsp3) is 0.100. The lowest BCUT2D eigenvalue weighted by molar-refractivity contribution is -0.137. The Morgan fingerprint density at radius 1 is 0.577 bits per heavy atom. The molecule has 0 aliphatic heterocycles. The van der Waals surface area contributed by atoms with E-state index in [1.54, 1.807) is 0 Å². The molecule has 0 amide bonds. The van der Waals surface area contributed by atoms with Crippen molar-refractivity contribution in [3.05, 3.63) is 107 Å². The van der Waals surface area contributed by atoms with Crippen molar-refractivity contribution < 1.29 is 27.1 Å². The molecule has 0 spiro atoms. The standard InChI is InChI=1S/C20H13F5O/c21-17-8-4-13(5-9-17)19(26,14-6-10-18(22)11-7-14)15-2-1-3-16(12-15)20(23,24)25/h1-12,26H. The van der Waals surface area contributed by atoms with Crippen LogP contribution in [0.4, 0.5) is 22.0 Å². The first kappa shape index (κ1) is 18.1. The zero-order valence-electron chi connectivity index (χ0n) is 13.3. The van der Waals surface area contributed by atoms with E-state index in [1.165, 1.54) is 36.4 Å². The molecule has 0 saturated heterocycles. The van der Waals surface area contributed by atoms with Gasteiger partial charge in [-0.1, -0.05) is 36.4 Å². The van der Waals surface area contributed by atoms with E-state index in [0.29, 0.717) is 0 Å². The number of rotatable bonds is 3. The second-order valence-electron chi connectivity index (χ2n) is 5.80. The molecule has 1 nitrogen and oxygen atoms in total. The monoisotopic (exact) mass is 364 g/mol. The van der Waals surface area contributed by atoms with Crippen molar-refractivity contribution in [3.8, 4) is 0 Å². The van der Waals surface area contributed by atoms with Gasteiger partial charge in [-0.05, 0) is 53.1 Å². The summed E-state index contributed by atoms with van der Waals surface area (Å²) >= 11 is 0. The summed E-state index contributed by atoms with van der Waals surface area (Å²) in [6.07, 6.45) is -4.59. The van der Waals surface area contributed by atoms with Gasteiger partial charge in [0.05, 0.1) is 5.56 Å². The van der Waals surface area contributed by atoms with Crippen molar-refractivity contribution in [3.63, 3.8) is 0 Å². The topological polar surface area (TPSA) is 20.2 Å². The molecule has 0 unspecified atom stereocenters. The summed E-state index contributed by atoms with van der Waals surface area (Å²) in [6, 6.07) is 13.7. The number of aliphatic hydroxyl groups is 1. The molecule has 0 saturated carbocycles. The summed E-state index contributed by atoms with van der Waals surface area (Å²) in [5.74, 6) is -1.11. The minimum Gasteiger partial charge on any atom is -0.376 e. The minimum absolute atomic E-state index is 0.0643. The predicted octanol–water partition coefficient (Wildman–Crippen LogP) is 5.27. The van der Waals surface area contributed by atoms with Crippen LogP contribution >= 0.6 is 0 Å². The van der Waals surface area contributed by atoms with Gasteiger partial charge in [-0.15, -0.1) is 0 Å². The smallest absolute Gasteiger partial charge is 0.376 e. The summed E-state index contributed by atoms with van der Waals surface area (Å²) in [7, 11) is 0. The molecule has 0 bridgehead atoms. The molecule has 3 aromatic carbocycles. The van der Waals surface area contributed by atoms with Gasteiger partial charge in [-0.25, -0.2) is 8.78 Å². The first-order chi connectivity index (χ1) is 12.2. The van der Waals surface area contributed by atoms with Gasteiger partial charge in [0, 0.05) is 0 Å². The number of hydrogen-bond donors (Lipinski definition) is 1.